The van der Waals surface area contributed by atoms with Crippen molar-refractivity contribution in [3.8, 4) is 0 Å². The first kappa shape index (κ1) is 16.1. The van der Waals surface area contributed by atoms with Crippen molar-refractivity contribution < 1.29 is 0 Å². The Morgan fingerprint density at radius 2 is 1.50 bits per heavy atom. The van der Waals surface area contributed by atoms with Gasteiger partial charge in [-0.25, -0.2) is 0 Å². The molecule has 5 atom stereocenters. The molecule has 0 amide bonds. The molecule has 0 aliphatic heterocycles. The van der Waals surface area contributed by atoms with Crippen molar-refractivity contribution in [2.45, 2.75) is 86.0 Å². The van der Waals surface area contributed by atoms with Crippen LogP contribution >= 0.6 is 0 Å². The highest BCUT2D eigenvalue weighted by molar-refractivity contribution is 4.83. The minimum atomic E-state index is 0.958. The molecule has 0 spiro atoms. The molecule has 0 bridgehead atoms. The highest BCUT2D eigenvalue weighted by Gasteiger charge is 2.32. The first-order valence-electron chi connectivity index (χ1n) is 8.62. The zero-order valence-electron chi connectivity index (χ0n) is 13.5. The number of hydrogen-bond acceptors (Lipinski definition) is 0. The summed E-state index contributed by atoms with van der Waals surface area (Å²) in [6, 6.07) is 0. The fourth-order valence-corrected chi connectivity index (χ4v) is 4.40. The van der Waals surface area contributed by atoms with E-state index in [9.17, 15) is 0 Å². The fraction of sp³-hybridized carbons (Fsp3) is 1.00. The van der Waals surface area contributed by atoms with Crippen LogP contribution in [-0.2, 0) is 0 Å². The van der Waals surface area contributed by atoms with Crippen molar-refractivity contribution in [3.05, 3.63) is 0 Å². The third-order valence-electron chi connectivity index (χ3n) is 5.42. The molecule has 5 unspecified atom stereocenters. The van der Waals surface area contributed by atoms with E-state index < -0.39 is 0 Å². The molecule has 0 radical (unpaired) electrons. The van der Waals surface area contributed by atoms with Gasteiger partial charge in [0.1, 0.15) is 0 Å². The van der Waals surface area contributed by atoms with E-state index in [2.05, 4.69) is 34.6 Å². The molecule has 0 aromatic rings. The molecule has 108 valence electrons. The van der Waals surface area contributed by atoms with Crippen LogP contribution in [0, 0.1) is 29.6 Å². The fourth-order valence-electron chi connectivity index (χ4n) is 4.40. The Kier molecular flexibility index (Phi) is 7.34. The van der Waals surface area contributed by atoms with Crippen molar-refractivity contribution in [1.29, 1.82) is 0 Å². The van der Waals surface area contributed by atoms with Gasteiger partial charge >= 0.3 is 0 Å². The molecule has 1 rings (SSSR count). The Morgan fingerprint density at radius 1 is 0.889 bits per heavy atom. The van der Waals surface area contributed by atoms with E-state index in [1.54, 1.807) is 0 Å². The molecule has 1 fully saturated rings. The molecule has 0 N–H and O–H groups in total. The maximum absolute atomic E-state index is 2.50. The average Bonchev–Trinajstić information content (AvgIpc) is 2.35. The molecule has 1 aliphatic rings. The van der Waals surface area contributed by atoms with E-state index in [1.165, 1.54) is 51.4 Å². The van der Waals surface area contributed by atoms with Crippen LogP contribution in [0.2, 0.25) is 0 Å². The summed E-state index contributed by atoms with van der Waals surface area (Å²) in [6.45, 7) is 12.1. The van der Waals surface area contributed by atoms with Gasteiger partial charge < -0.3 is 0 Å². The highest BCUT2D eigenvalue weighted by Crippen LogP contribution is 2.43. The highest BCUT2D eigenvalue weighted by atomic mass is 14.4. The summed E-state index contributed by atoms with van der Waals surface area (Å²) >= 11 is 0. The first-order chi connectivity index (χ1) is 8.62. The normalized spacial score (nSPS) is 32.2. The van der Waals surface area contributed by atoms with Crippen LogP contribution in [-0.4, -0.2) is 0 Å². The number of hydrogen-bond donors (Lipinski definition) is 0. The Morgan fingerprint density at radius 3 is 2.06 bits per heavy atom. The summed E-state index contributed by atoms with van der Waals surface area (Å²) < 4.78 is 0. The second-order valence-electron chi connectivity index (χ2n) is 7.06. The van der Waals surface area contributed by atoms with Gasteiger partial charge in [0.2, 0.25) is 0 Å². The van der Waals surface area contributed by atoms with Crippen LogP contribution in [0.25, 0.3) is 0 Å². The Hall–Kier alpha value is 0. The Bertz CT molecular complexity index is 208. The molecule has 0 nitrogen and oxygen atoms in total. The van der Waals surface area contributed by atoms with Gasteiger partial charge in [0, 0.05) is 0 Å². The van der Waals surface area contributed by atoms with Crippen molar-refractivity contribution >= 4 is 0 Å². The summed E-state index contributed by atoms with van der Waals surface area (Å²) in [5, 5.41) is 0. The van der Waals surface area contributed by atoms with E-state index in [1.807, 2.05) is 0 Å². The number of rotatable bonds is 7. The molecule has 1 saturated carbocycles. The van der Waals surface area contributed by atoms with Crippen LogP contribution in [0.4, 0.5) is 0 Å². The summed E-state index contributed by atoms with van der Waals surface area (Å²) in [5.41, 5.74) is 0. The monoisotopic (exact) mass is 252 g/mol. The van der Waals surface area contributed by atoms with Gasteiger partial charge in [0.15, 0.2) is 0 Å². The molecule has 0 aromatic heterocycles. The zero-order valence-corrected chi connectivity index (χ0v) is 13.5. The van der Waals surface area contributed by atoms with E-state index in [4.69, 9.17) is 0 Å². The van der Waals surface area contributed by atoms with E-state index in [0.717, 1.165) is 29.6 Å². The molecule has 1 aliphatic carbocycles. The predicted molar refractivity (Wildman–Crippen MR) is 82.8 cm³/mol. The molecule has 0 heterocycles. The van der Waals surface area contributed by atoms with Gasteiger partial charge in [0.05, 0.1) is 0 Å². The van der Waals surface area contributed by atoms with Gasteiger partial charge in [-0.05, 0) is 48.9 Å². The third kappa shape index (κ3) is 4.59. The van der Waals surface area contributed by atoms with Crippen LogP contribution in [0.3, 0.4) is 0 Å². The second-order valence-corrected chi connectivity index (χ2v) is 7.06. The molecule has 0 aromatic carbocycles. The summed E-state index contributed by atoms with van der Waals surface area (Å²) in [7, 11) is 0. The largest absolute Gasteiger partial charge is 0.0654 e. The minimum absolute atomic E-state index is 0.958. The molecule has 0 saturated heterocycles. The van der Waals surface area contributed by atoms with Crippen molar-refractivity contribution in [2.75, 3.05) is 0 Å². The average molecular weight is 252 g/mol. The van der Waals surface area contributed by atoms with Crippen LogP contribution in [0.15, 0.2) is 0 Å². The van der Waals surface area contributed by atoms with Gasteiger partial charge in [-0.1, -0.05) is 66.7 Å². The van der Waals surface area contributed by atoms with Gasteiger partial charge in [-0.3, -0.25) is 0 Å². The smallest absolute Gasteiger partial charge is 0.0381 e. The summed E-state index contributed by atoms with van der Waals surface area (Å²) in [4.78, 5) is 0. The molecular weight excluding hydrogens is 216 g/mol. The van der Waals surface area contributed by atoms with Gasteiger partial charge in [-0.15, -0.1) is 0 Å². The van der Waals surface area contributed by atoms with Gasteiger partial charge in [0.25, 0.3) is 0 Å². The van der Waals surface area contributed by atoms with Gasteiger partial charge in [-0.2, -0.15) is 0 Å². The zero-order chi connectivity index (χ0) is 13.5. The van der Waals surface area contributed by atoms with E-state index in [-0.39, 0.29) is 0 Å². The van der Waals surface area contributed by atoms with Crippen molar-refractivity contribution in [3.63, 3.8) is 0 Å². The van der Waals surface area contributed by atoms with E-state index >= 15 is 0 Å². The Balaban J connectivity index is 2.58. The standard InChI is InChI=1S/C18H36/c1-6-9-15(5)17-11-14(4)12-18(13-17)16(8-3)10-7-2/h14-18H,6-13H2,1-5H3. The maximum Gasteiger partial charge on any atom is -0.0381 e. The van der Waals surface area contributed by atoms with Crippen LogP contribution in [0.1, 0.15) is 86.0 Å². The predicted octanol–water partition coefficient (Wildman–Crippen LogP) is 6.30. The SMILES string of the molecule is CCCC(C)C1CC(C)CC(C(CC)CCC)C1. The first-order valence-corrected chi connectivity index (χ1v) is 8.62. The second kappa shape index (κ2) is 8.23. The van der Waals surface area contributed by atoms with Crippen molar-refractivity contribution in [1.82, 2.24) is 0 Å². The van der Waals surface area contributed by atoms with E-state index in [0.29, 0.717) is 0 Å². The molecule has 18 heavy (non-hydrogen) atoms. The Labute approximate surface area is 116 Å². The molecule has 0 heteroatoms. The van der Waals surface area contributed by atoms with Crippen LogP contribution < -0.4 is 0 Å². The molecular formula is C18H36. The topological polar surface area (TPSA) is 0 Å². The maximum atomic E-state index is 2.50. The lowest BCUT2D eigenvalue weighted by Crippen LogP contribution is -2.29. The minimum Gasteiger partial charge on any atom is -0.0654 e. The quantitative estimate of drug-likeness (QED) is 0.498. The third-order valence-corrected chi connectivity index (χ3v) is 5.42. The lowest BCUT2D eigenvalue weighted by atomic mass is 9.66. The lowest BCUT2D eigenvalue weighted by molar-refractivity contribution is 0.108. The summed E-state index contributed by atoms with van der Waals surface area (Å²) in [5.74, 6) is 4.99. The lowest BCUT2D eigenvalue weighted by Gasteiger charge is -2.40. The van der Waals surface area contributed by atoms with Crippen LogP contribution in [0.5, 0.6) is 0 Å². The van der Waals surface area contributed by atoms with Crippen molar-refractivity contribution in [2.24, 2.45) is 29.6 Å². The summed E-state index contributed by atoms with van der Waals surface area (Å²) in [6.07, 6.45) is 11.6.